The largest absolute Gasteiger partial charge is 0.378 e. The molecule has 0 saturated heterocycles. The molecule has 0 aromatic heterocycles. The van der Waals surface area contributed by atoms with Crippen LogP contribution in [0.1, 0.15) is 64.7 Å². The van der Waals surface area contributed by atoms with E-state index in [9.17, 15) is 8.42 Å². The van der Waals surface area contributed by atoms with Gasteiger partial charge in [-0.1, -0.05) is 26.2 Å². The van der Waals surface area contributed by atoms with E-state index in [0.717, 1.165) is 44.4 Å². The van der Waals surface area contributed by atoms with Gasteiger partial charge in [-0.05, 0) is 44.4 Å². The van der Waals surface area contributed by atoms with Crippen LogP contribution in [-0.2, 0) is 13.8 Å². The Morgan fingerprint density at radius 1 is 1.10 bits per heavy atom. The molecule has 2 rings (SSSR count). The van der Waals surface area contributed by atoms with E-state index in [4.69, 9.17) is 15.4 Å². The van der Waals surface area contributed by atoms with Crippen LogP contribution in [0, 0.1) is 11.3 Å². The van der Waals surface area contributed by atoms with Gasteiger partial charge in [0.15, 0.2) is 0 Å². The molecule has 5 heteroatoms. The average molecular weight is 323 g/mol. The van der Waals surface area contributed by atoms with Gasteiger partial charge < -0.3 is 4.74 Å². The van der Waals surface area contributed by atoms with Gasteiger partial charge in [-0.15, -0.1) is 0 Å². The summed E-state index contributed by atoms with van der Waals surface area (Å²) >= 11 is 0. The lowest BCUT2D eigenvalue weighted by Crippen LogP contribution is -2.37. The van der Waals surface area contributed by atoms with Gasteiger partial charge in [0.2, 0.25) is 9.05 Å². The Kier molecular flexibility index (Phi) is 5.78. The molecular formula is C15H27ClO3S. The lowest BCUT2D eigenvalue weighted by Gasteiger charge is -2.38. The van der Waals surface area contributed by atoms with Gasteiger partial charge in [0, 0.05) is 16.1 Å². The Morgan fingerprint density at radius 3 is 2.25 bits per heavy atom. The summed E-state index contributed by atoms with van der Waals surface area (Å²) in [5, 5.41) is 0. The number of ether oxygens (including phenoxy) is 1. The third kappa shape index (κ3) is 5.19. The third-order valence-corrected chi connectivity index (χ3v) is 6.27. The van der Waals surface area contributed by atoms with E-state index < -0.39 is 9.05 Å². The summed E-state index contributed by atoms with van der Waals surface area (Å²) in [6.07, 6.45) is 10.3. The van der Waals surface area contributed by atoms with E-state index in [0.29, 0.717) is 12.7 Å². The molecule has 0 heterocycles. The van der Waals surface area contributed by atoms with E-state index in [1.807, 2.05) is 0 Å². The molecule has 2 saturated carbocycles. The normalized spacial score (nSPS) is 31.1. The molecule has 0 aromatic carbocycles. The SMILES string of the molecule is CC1CCC(OCC2(CS(=O)(=O)Cl)CCCCC2)CC1. The second-order valence-corrected chi connectivity index (χ2v) is 9.71. The van der Waals surface area contributed by atoms with Crippen LogP contribution in [0.15, 0.2) is 0 Å². The van der Waals surface area contributed by atoms with Crippen LogP contribution < -0.4 is 0 Å². The zero-order valence-electron chi connectivity index (χ0n) is 12.4. The molecule has 0 bridgehead atoms. The van der Waals surface area contributed by atoms with Gasteiger partial charge in [0.05, 0.1) is 18.5 Å². The minimum atomic E-state index is -3.45. The standard InChI is InChI=1S/C15H27ClO3S/c1-13-5-7-14(8-6-13)19-11-15(12-20(16,17)18)9-3-2-4-10-15/h13-14H,2-12H2,1H3. The molecule has 0 radical (unpaired) electrons. The van der Waals surface area contributed by atoms with Crippen molar-refractivity contribution in [3.05, 3.63) is 0 Å². The van der Waals surface area contributed by atoms with E-state index >= 15 is 0 Å². The predicted octanol–water partition coefficient (Wildman–Crippen LogP) is 4.10. The fourth-order valence-corrected chi connectivity index (χ4v) is 5.49. The van der Waals surface area contributed by atoms with E-state index in [2.05, 4.69) is 6.92 Å². The van der Waals surface area contributed by atoms with Crippen LogP contribution in [-0.4, -0.2) is 26.9 Å². The summed E-state index contributed by atoms with van der Waals surface area (Å²) in [4.78, 5) is 0. The number of hydrogen-bond acceptors (Lipinski definition) is 3. The van der Waals surface area contributed by atoms with Gasteiger partial charge >= 0.3 is 0 Å². The van der Waals surface area contributed by atoms with Crippen LogP contribution in [0.5, 0.6) is 0 Å². The molecule has 0 unspecified atom stereocenters. The first-order chi connectivity index (χ1) is 9.39. The molecule has 0 N–H and O–H groups in total. The van der Waals surface area contributed by atoms with Gasteiger partial charge in [-0.3, -0.25) is 0 Å². The smallest absolute Gasteiger partial charge is 0.233 e. The lowest BCUT2D eigenvalue weighted by molar-refractivity contribution is -0.0352. The Balaban J connectivity index is 1.90. The van der Waals surface area contributed by atoms with Gasteiger partial charge in [-0.2, -0.15) is 0 Å². The fraction of sp³-hybridized carbons (Fsp3) is 1.00. The molecule has 2 aliphatic rings. The Bertz CT molecular complexity index is 393. The second-order valence-electron chi connectivity index (χ2n) is 6.94. The first-order valence-electron chi connectivity index (χ1n) is 7.93. The van der Waals surface area contributed by atoms with E-state index in [-0.39, 0.29) is 11.2 Å². The van der Waals surface area contributed by atoms with Crippen molar-refractivity contribution in [2.24, 2.45) is 11.3 Å². The topological polar surface area (TPSA) is 43.4 Å². The monoisotopic (exact) mass is 322 g/mol. The zero-order chi connectivity index (χ0) is 14.6. The first kappa shape index (κ1) is 16.6. The molecule has 0 atom stereocenters. The van der Waals surface area contributed by atoms with E-state index in [1.54, 1.807) is 0 Å². The maximum Gasteiger partial charge on any atom is 0.233 e. The highest BCUT2D eigenvalue weighted by atomic mass is 35.7. The number of hydrogen-bond donors (Lipinski definition) is 0. The summed E-state index contributed by atoms with van der Waals surface area (Å²) in [5.41, 5.74) is -0.234. The van der Waals surface area contributed by atoms with Crippen molar-refractivity contribution >= 4 is 19.7 Å². The van der Waals surface area contributed by atoms with Crippen molar-refractivity contribution in [2.45, 2.75) is 70.8 Å². The van der Waals surface area contributed by atoms with E-state index in [1.165, 1.54) is 19.3 Å². The van der Waals surface area contributed by atoms with Gasteiger partial charge in [0.1, 0.15) is 0 Å². The van der Waals surface area contributed by atoms with Gasteiger partial charge in [0.25, 0.3) is 0 Å². The Hall–Kier alpha value is 0.200. The van der Waals surface area contributed by atoms with Crippen molar-refractivity contribution < 1.29 is 13.2 Å². The second kappa shape index (κ2) is 6.97. The van der Waals surface area contributed by atoms with Gasteiger partial charge in [-0.25, -0.2) is 8.42 Å². The maximum atomic E-state index is 11.5. The van der Waals surface area contributed by atoms with Crippen molar-refractivity contribution in [1.82, 2.24) is 0 Å². The van der Waals surface area contributed by atoms with Crippen LogP contribution in [0.2, 0.25) is 0 Å². The number of rotatable bonds is 5. The Morgan fingerprint density at radius 2 is 1.70 bits per heavy atom. The highest BCUT2D eigenvalue weighted by molar-refractivity contribution is 8.13. The predicted molar refractivity (Wildman–Crippen MR) is 82.5 cm³/mol. The summed E-state index contributed by atoms with van der Waals surface area (Å²) in [5.74, 6) is 0.881. The highest BCUT2D eigenvalue weighted by Crippen LogP contribution is 2.39. The van der Waals surface area contributed by atoms with Crippen molar-refractivity contribution in [3.63, 3.8) is 0 Å². The molecule has 2 fully saturated rings. The van der Waals surface area contributed by atoms with Crippen LogP contribution >= 0.6 is 10.7 Å². The molecule has 0 amide bonds. The summed E-state index contributed by atoms with van der Waals surface area (Å²) < 4.78 is 29.1. The Labute approximate surface area is 127 Å². The van der Waals surface area contributed by atoms with Crippen molar-refractivity contribution in [2.75, 3.05) is 12.4 Å². The number of halogens is 1. The van der Waals surface area contributed by atoms with Crippen LogP contribution in [0.4, 0.5) is 0 Å². The molecule has 118 valence electrons. The molecule has 2 aliphatic carbocycles. The average Bonchev–Trinajstić information content (AvgIpc) is 2.37. The van der Waals surface area contributed by atoms with Crippen molar-refractivity contribution in [1.29, 1.82) is 0 Å². The summed E-state index contributed by atoms with van der Waals surface area (Å²) in [6.45, 7) is 2.86. The minimum absolute atomic E-state index is 0.0741. The van der Waals surface area contributed by atoms with Crippen molar-refractivity contribution in [3.8, 4) is 0 Å². The first-order valence-corrected chi connectivity index (χ1v) is 10.4. The maximum absolute atomic E-state index is 11.5. The summed E-state index contributed by atoms with van der Waals surface area (Å²) in [7, 11) is 2.06. The summed E-state index contributed by atoms with van der Waals surface area (Å²) in [6, 6.07) is 0. The molecule has 0 aliphatic heterocycles. The zero-order valence-corrected chi connectivity index (χ0v) is 14.0. The molecule has 0 aromatic rings. The lowest BCUT2D eigenvalue weighted by atomic mass is 9.76. The fourth-order valence-electron chi connectivity index (χ4n) is 3.69. The van der Waals surface area contributed by atoms with Crippen LogP contribution in [0.25, 0.3) is 0 Å². The highest BCUT2D eigenvalue weighted by Gasteiger charge is 2.37. The van der Waals surface area contributed by atoms with Crippen LogP contribution in [0.3, 0.4) is 0 Å². The quantitative estimate of drug-likeness (QED) is 0.716. The molecule has 0 spiro atoms. The molecule has 3 nitrogen and oxygen atoms in total. The minimum Gasteiger partial charge on any atom is -0.378 e. The molecule has 20 heavy (non-hydrogen) atoms. The third-order valence-electron chi connectivity index (χ3n) is 4.98. The molecular weight excluding hydrogens is 296 g/mol.